The van der Waals surface area contributed by atoms with Crippen LogP contribution in [-0.4, -0.2) is 37.4 Å². The molecule has 0 fully saturated rings. The van der Waals surface area contributed by atoms with Crippen molar-refractivity contribution in [3.05, 3.63) is 92.3 Å². The number of fused-ring (bicyclic) bond motifs is 1. The molecule has 0 atom stereocenters. The van der Waals surface area contributed by atoms with E-state index in [1.54, 1.807) is 42.8 Å². The summed E-state index contributed by atoms with van der Waals surface area (Å²) in [4.78, 5) is 51.7. The Morgan fingerprint density at radius 3 is 2.30 bits per heavy atom. The van der Waals surface area contributed by atoms with Crippen LogP contribution in [0.5, 0.6) is 0 Å². The SMILES string of the molecule is CCOC(=O)c1ccc(NC(=O)Cn2c(=O)n(CCc3ccccc3)c(=O)c3c2c(C)nn3CC)cc1. The predicted octanol–water partition coefficient (Wildman–Crippen LogP) is 2.75. The van der Waals surface area contributed by atoms with E-state index in [1.165, 1.54) is 9.13 Å². The number of anilines is 1. The summed E-state index contributed by atoms with van der Waals surface area (Å²) in [6, 6.07) is 15.9. The lowest BCUT2D eigenvalue weighted by Gasteiger charge is -2.13. The number of rotatable bonds is 9. The van der Waals surface area contributed by atoms with Crippen molar-refractivity contribution < 1.29 is 14.3 Å². The van der Waals surface area contributed by atoms with E-state index in [0.717, 1.165) is 5.56 Å². The molecule has 4 aromatic rings. The lowest BCUT2D eigenvalue weighted by atomic mass is 10.1. The van der Waals surface area contributed by atoms with Gasteiger partial charge in [-0.3, -0.25) is 23.4 Å². The fourth-order valence-electron chi connectivity index (χ4n) is 4.27. The molecule has 4 rings (SSSR count). The minimum atomic E-state index is -0.569. The number of ether oxygens (including phenoxy) is 1. The summed E-state index contributed by atoms with van der Waals surface area (Å²) in [5, 5.41) is 7.18. The first kappa shape index (κ1) is 25.6. The van der Waals surface area contributed by atoms with Crippen molar-refractivity contribution in [1.82, 2.24) is 18.9 Å². The van der Waals surface area contributed by atoms with Gasteiger partial charge in [-0.05, 0) is 57.0 Å². The van der Waals surface area contributed by atoms with Gasteiger partial charge in [-0.1, -0.05) is 30.3 Å². The van der Waals surface area contributed by atoms with E-state index in [1.807, 2.05) is 37.3 Å². The summed E-state index contributed by atoms with van der Waals surface area (Å²) in [5.41, 5.74) is 1.95. The topological polar surface area (TPSA) is 117 Å². The number of nitrogens with zero attached hydrogens (tertiary/aromatic N) is 4. The number of hydrogen-bond acceptors (Lipinski definition) is 6. The maximum Gasteiger partial charge on any atom is 0.338 e. The number of carbonyl (C=O) groups excluding carboxylic acids is 2. The molecule has 0 aliphatic carbocycles. The second-order valence-corrected chi connectivity index (χ2v) is 8.51. The first-order valence-corrected chi connectivity index (χ1v) is 12.2. The molecule has 0 spiro atoms. The zero-order valence-electron chi connectivity index (χ0n) is 21.1. The van der Waals surface area contributed by atoms with Crippen molar-refractivity contribution in [2.75, 3.05) is 11.9 Å². The van der Waals surface area contributed by atoms with Gasteiger partial charge >= 0.3 is 11.7 Å². The zero-order valence-corrected chi connectivity index (χ0v) is 21.1. The van der Waals surface area contributed by atoms with Gasteiger partial charge in [0.25, 0.3) is 5.56 Å². The van der Waals surface area contributed by atoms with Crippen molar-refractivity contribution in [3.63, 3.8) is 0 Å². The minimum Gasteiger partial charge on any atom is -0.462 e. The van der Waals surface area contributed by atoms with E-state index in [0.29, 0.717) is 40.9 Å². The van der Waals surface area contributed by atoms with Gasteiger partial charge in [-0.25, -0.2) is 9.59 Å². The van der Waals surface area contributed by atoms with Crippen LogP contribution in [0.2, 0.25) is 0 Å². The Bertz CT molecular complexity index is 1550. The Morgan fingerprint density at radius 1 is 0.946 bits per heavy atom. The second-order valence-electron chi connectivity index (χ2n) is 8.51. The van der Waals surface area contributed by atoms with Crippen molar-refractivity contribution in [2.45, 2.75) is 46.8 Å². The first-order chi connectivity index (χ1) is 17.8. The molecule has 0 unspecified atom stereocenters. The van der Waals surface area contributed by atoms with Crippen LogP contribution in [0.15, 0.2) is 64.2 Å². The third-order valence-electron chi connectivity index (χ3n) is 6.02. The Kier molecular flexibility index (Phi) is 7.66. The number of esters is 1. The number of aromatic nitrogens is 4. The van der Waals surface area contributed by atoms with Crippen molar-refractivity contribution in [3.8, 4) is 0 Å². The van der Waals surface area contributed by atoms with E-state index in [2.05, 4.69) is 10.4 Å². The third kappa shape index (κ3) is 5.37. The predicted molar refractivity (Wildman–Crippen MR) is 140 cm³/mol. The Labute approximate surface area is 213 Å². The number of amides is 1. The molecule has 0 radical (unpaired) electrons. The molecule has 10 nitrogen and oxygen atoms in total. The Hall–Kier alpha value is -4.47. The fourth-order valence-corrected chi connectivity index (χ4v) is 4.27. The number of benzene rings is 2. The molecule has 1 amide bonds. The largest absolute Gasteiger partial charge is 0.462 e. The van der Waals surface area contributed by atoms with Crippen LogP contribution in [-0.2, 0) is 35.6 Å². The molecule has 2 heterocycles. The van der Waals surface area contributed by atoms with Crippen LogP contribution in [0.1, 0.15) is 35.5 Å². The standard InChI is InChI=1S/C27H29N5O5/c1-4-32-24-23(18(3)29-32)31(27(36)30(25(24)34)16-15-19-9-7-6-8-10-19)17-22(33)28-21-13-11-20(12-14-21)26(35)37-5-2/h6-14H,4-5,15-17H2,1-3H3,(H,28,33). The third-order valence-corrected chi connectivity index (χ3v) is 6.02. The first-order valence-electron chi connectivity index (χ1n) is 12.2. The molecule has 2 aromatic carbocycles. The highest BCUT2D eigenvalue weighted by molar-refractivity contribution is 5.93. The van der Waals surface area contributed by atoms with Crippen molar-refractivity contribution in [1.29, 1.82) is 0 Å². The molecule has 0 aliphatic heterocycles. The average Bonchev–Trinajstić information content (AvgIpc) is 3.24. The van der Waals surface area contributed by atoms with Gasteiger partial charge in [-0.2, -0.15) is 5.10 Å². The Morgan fingerprint density at radius 2 is 1.65 bits per heavy atom. The van der Waals surface area contributed by atoms with Crippen LogP contribution in [0, 0.1) is 6.92 Å². The summed E-state index contributed by atoms with van der Waals surface area (Å²) in [7, 11) is 0. The van der Waals surface area contributed by atoms with Crippen LogP contribution in [0.4, 0.5) is 5.69 Å². The number of carbonyl (C=O) groups is 2. The monoisotopic (exact) mass is 503 g/mol. The fraction of sp³-hybridized carbons (Fsp3) is 0.296. The van der Waals surface area contributed by atoms with Gasteiger partial charge in [-0.15, -0.1) is 0 Å². The average molecular weight is 504 g/mol. The lowest BCUT2D eigenvalue weighted by Crippen LogP contribution is -2.42. The van der Waals surface area contributed by atoms with E-state index in [9.17, 15) is 19.2 Å². The van der Waals surface area contributed by atoms with Crippen LogP contribution < -0.4 is 16.6 Å². The number of hydrogen-bond donors (Lipinski definition) is 1. The highest BCUT2D eigenvalue weighted by Gasteiger charge is 2.21. The molecule has 10 heteroatoms. The molecule has 0 bridgehead atoms. The summed E-state index contributed by atoms with van der Waals surface area (Å²) in [6.07, 6.45) is 0.486. The molecule has 0 saturated heterocycles. The molecule has 0 saturated carbocycles. The molecular weight excluding hydrogens is 474 g/mol. The molecular formula is C27H29N5O5. The van der Waals surface area contributed by atoms with Gasteiger partial charge in [0.2, 0.25) is 5.91 Å². The van der Waals surface area contributed by atoms with Crippen molar-refractivity contribution >= 4 is 28.6 Å². The van der Waals surface area contributed by atoms with Gasteiger partial charge in [0.05, 0.1) is 17.9 Å². The summed E-state index contributed by atoms with van der Waals surface area (Å²) >= 11 is 0. The summed E-state index contributed by atoms with van der Waals surface area (Å²) in [5.74, 6) is -0.903. The smallest absolute Gasteiger partial charge is 0.338 e. The maximum atomic E-state index is 13.5. The van der Waals surface area contributed by atoms with Gasteiger partial charge in [0.15, 0.2) is 5.52 Å². The quantitative estimate of drug-likeness (QED) is 0.351. The van der Waals surface area contributed by atoms with E-state index in [-0.39, 0.29) is 19.7 Å². The van der Waals surface area contributed by atoms with E-state index in [4.69, 9.17) is 4.74 Å². The van der Waals surface area contributed by atoms with Gasteiger partial charge < -0.3 is 10.1 Å². The van der Waals surface area contributed by atoms with Gasteiger partial charge in [0.1, 0.15) is 12.1 Å². The molecule has 192 valence electrons. The van der Waals surface area contributed by atoms with E-state index >= 15 is 0 Å². The second kappa shape index (κ2) is 11.1. The zero-order chi connectivity index (χ0) is 26.5. The maximum absolute atomic E-state index is 13.5. The van der Waals surface area contributed by atoms with Crippen LogP contribution in [0.3, 0.4) is 0 Å². The van der Waals surface area contributed by atoms with E-state index < -0.39 is 23.1 Å². The normalized spacial score (nSPS) is 11.0. The lowest BCUT2D eigenvalue weighted by molar-refractivity contribution is -0.116. The summed E-state index contributed by atoms with van der Waals surface area (Å²) < 4.78 is 9.01. The molecule has 2 aromatic heterocycles. The number of nitrogens with one attached hydrogen (secondary N) is 1. The van der Waals surface area contributed by atoms with Gasteiger partial charge in [0, 0.05) is 18.8 Å². The molecule has 0 aliphatic rings. The highest BCUT2D eigenvalue weighted by atomic mass is 16.5. The molecule has 1 N–H and O–H groups in total. The molecule has 37 heavy (non-hydrogen) atoms. The van der Waals surface area contributed by atoms with Crippen LogP contribution in [0.25, 0.3) is 11.0 Å². The minimum absolute atomic E-state index is 0.169. The number of aryl methyl sites for hydroxylation is 3. The van der Waals surface area contributed by atoms with Crippen LogP contribution >= 0.6 is 0 Å². The summed E-state index contributed by atoms with van der Waals surface area (Å²) in [6.45, 7) is 5.87. The highest BCUT2D eigenvalue weighted by Crippen LogP contribution is 2.15. The Balaban J connectivity index is 1.66. The van der Waals surface area contributed by atoms with Crippen molar-refractivity contribution in [2.24, 2.45) is 0 Å².